The lowest BCUT2D eigenvalue weighted by Gasteiger charge is -2.33. The summed E-state index contributed by atoms with van der Waals surface area (Å²) in [5, 5.41) is 3.05. The molecule has 3 rings (SSSR count). The Balaban J connectivity index is 1.67. The number of piperidine rings is 1. The molecule has 1 aromatic heterocycles. The Kier molecular flexibility index (Phi) is 5.51. The predicted molar refractivity (Wildman–Crippen MR) is 93.3 cm³/mol. The number of likely N-dealkylation sites (tertiary alicyclic amines) is 1. The van der Waals surface area contributed by atoms with Crippen molar-refractivity contribution in [2.45, 2.75) is 25.3 Å². The van der Waals surface area contributed by atoms with Gasteiger partial charge in [-0.1, -0.05) is 28.4 Å². The number of amides is 1. The Bertz CT molecular complexity index is 636. The maximum absolute atomic E-state index is 12.4. The van der Waals surface area contributed by atoms with E-state index in [0.717, 1.165) is 23.3 Å². The SMILES string of the molecule is O=C(NC[C@@H](c1ccco1)N1CCCCC1)c1cccc(Br)c1. The van der Waals surface area contributed by atoms with Crippen LogP contribution in [0.25, 0.3) is 0 Å². The summed E-state index contributed by atoms with van der Waals surface area (Å²) < 4.78 is 6.51. The van der Waals surface area contributed by atoms with Crippen molar-refractivity contribution in [3.63, 3.8) is 0 Å². The van der Waals surface area contributed by atoms with Crippen LogP contribution in [0.3, 0.4) is 0 Å². The van der Waals surface area contributed by atoms with Gasteiger partial charge in [-0.25, -0.2) is 0 Å². The predicted octanol–water partition coefficient (Wildman–Crippen LogP) is 4.00. The highest BCUT2D eigenvalue weighted by atomic mass is 79.9. The third-order valence-electron chi connectivity index (χ3n) is 4.25. The first-order valence-electron chi connectivity index (χ1n) is 8.05. The van der Waals surface area contributed by atoms with Gasteiger partial charge in [0.15, 0.2) is 0 Å². The quantitative estimate of drug-likeness (QED) is 0.857. The summed E-state index contributed by atoms with van der Waals surface area (Å²) in [6, 6.07) is 11.4. The van der Waals surface area contributed by atoms with Gasteiger partial charge in [0.05, 0.1) is 12.3 Å². The summed E-state index contributed by atoms with van der Waals surface area (Å²) in [5.41, 5.74) is 0.663. The van der Waals surface area contributed by atoms with Gasteiger partial charge in [0.25, 0.3) is 5.91 Å². The number of halogens is 1. The molecule has 1 amide bonds. The summed E-state index contributed by atoms with van der Waals surface area (Å²) >= 11 is 3.40. The molecule has 1 atom stereocenters. The van der Waals surface area contributed by atoms with Crippen molar-refractivity contribution in [1.29, 1.82) is 0 Å². The van der Waals surface area contributed by atoms with Gasteiger partial charge in [0.1, 0.15) is 5.76 Å². The lowest BCUT2D eigenvalue weighted by molar-refractivity contribution is 0.0914. The maximum Gasteiger partial charge on any atom is 0.251 e. The molecule has 23 heavy (non-hydrogen) atoms. The number of hydrogen-bond donors (Lipinski definition) is 1. The molecule has 1 saturated heterocycles. The van der Waals surface area contributed by atoms with Crippen molar-refractivity contribution < 1.29 is 9.21 Å². The van der Waals surface area contributed by atoms with Crippen LogP contribution in [0.2, 0.25) is 0 Å². The molecule has 1 aromatic carbocycles. The third-order valence-corrected chi connectivity index (χ3v) is 4.74. The Morgan fingerprint density at radius 3 is 2.74 bits per heavy atom. The average Bonchev–Trinajstić information content (AvgIpc) is 3.10. The summed E-state index contributed by atoms with van der Waals surface area (Å²) in [4.78, 5) is 14.8. The zero-order chi connectivity index (χ0) is 16.1. The van der Waals surface area contributed by atoms with E-state index >= 15 is 0 Å². The number of furan rings is 1. The summed E-state index contributed by atoms with van der Waals surface area (Å²) in [6.07, 6.45) is 5.39. The maximum atomic E-state index is 12.4. The molecule has 0 aliphatic carbocycles. The summed E-state index contributed by atoms with van der Waals surface area (Å²) in [5.74, 6) is 0.862. The van der Waals surface area contributed by atoms with Gasteiger partial charge in [0, 0.05) is 16.6 Å². The van der Waals surface area contributed by atoms with Crippen LogP contribution in [-0.2, 0) is 0 Å². The molecule has 122 valence electrons. The van der Waals surface area contributed by atoms with E-state index in [1.807, 2.05) is 36.4 Å². The number of rotatable bonds is 5. The van der Waals surface area contributed by atoms with Crippen LogP contribution in [0.5, 0.6) is 0 Å². The number of carbonyl (C=O) groups is 1. The van der Waals surface area contributed by atoms with Crippen molar-refractivity contribution in [2.75, 3.05) is 19.6 Å². The van der Waals surface area contributed by atoms with Gasteiger partial charge in [-0.3, -0.25) is 9.69 Å². The van der Waals surface area contributed by atoms with Crippen molar-refractivity contribution in [3.05, 3.63) is 58.5 Å². The van der Waals surface area contributed by atoms with Gasteiger partial charge >= 0.3 is 0 Å². The molecular formula is C18H21BrN2O2. The van der Waals surface area contributed by atoms with E-state index in [1.165, 1.54) is 19.3 Å². The van der Waals surface area contributed by atoms with Gasteiger partial charge in [-0.05, 0) is 56.3 Å². The first kappa shape index (κ1) is 16.3. The smallest absolute Gasteiger partial charge is 0.251 e. The second kappa shape index (κ2) is 7.79. The molecule has 0 radical (unpaired) electrons. The van der Waals surface area contributed by atoms with Crippen molar-refractivity contribution in [2.24, 2.45) is 0 Å². The van der Waals surface area contributed by atoms with Gasteiger partial charge in [0.2, 0.25) is 0 Å². The van der Waals surface area contributed by atoms with Crippen LogP contribution >= 0.6 is 15.9 Å². The first-order valence-corrected chi connectivity index (χ1v) is 8.84. The third kappa shape index (κ3) is 4.24. The molecule has 0 saturated carbocycles. The Hall–Kier alpha value is -1.59. The molecule has 4 nitrogen and oxygen atoms in total. The monoisotopic (exact) mass is 376 g/mol. The molecule has 5 heteroatoms. The molecule has 2 heterocycles. The molecule has 1 N–H and O–H groups in total. The largest absolute Gasteiger partial charge is 0.468 e. The standard InChI is InChI=1S/C18H21BrN2O2/c19-15-7-4-6-14(12-15)18(22)20-13-16(17-8-5-11-23-17)21-9-2-1-3-10-21/h4-8,11-12,16H,1-3,9-10,13H2,(H,20,22)/t16-/m0/s1. The van der Waals surface area contributed by atoms with E-state index in [4.69, 9.17) is 4.42 Å². The van der Waals surface area contributed by atoms with E-state index in [2.05, 4.69) is 26.1 Å². The molecule has 2 aromatic rings. The second-order valence-corrected chi connectivity index (χ2v) is 6.76. The van der Waals surface area contributed by atoms with Crippen molar-refractivity contribution in [3.8, 4) is 0 Å². The zero-order valence-electron chi connectivity index (χ0n) is 13.0. The van der Waals surface area contributed by atoms with Crippen LogP contribution in [0.1, 0.15) is 41.4 Å². The highest BCUT2D eigenvalue weighted by molar-refractivity contribution is 9.10. The average molecular weight is 377 g/mol. The highest BCUT2D eigenvalue weighted by Gasteiger charge is 2.25. The van der Waals surface area contributed by atoms with E-state index in [1.54, 1.807) is 6.26 Å². The molecule has 0 bridgehead atoms. The Morgan fingerprint density at radius 1 is 1.22 bits per heavy atom. The molecule has 0 unspecified atom stereocenters. The number of benzene rings is 1. The fourth-order valence-corrected chi connectivity index (χ4v) is 3.44. The van der Waals surface area contributed by atoms with Crippen LogP contribution < -0.4 is 5.32 Å². The topological polar surface area (TPSA) is 45.5 Å². The van der Waals surface area contributed by atoms with E-state index in [-0.39, 0.29) is 11.9 Å². The number of nitrogens with one attached hydrogen (secondary N) is 1. The van der Waals surface area contributed by atoms with Gasteiger partial charge < -0.3 is 9.73 Å². The number of hydrogen-bond acceptors (Lipinski definition) is 3. The molecule has 1 fully saturated rings. The fraction of sp³-hybridized carbons (Fsp3) is 0.389. The molecular weight excluding hydrogens is 356 g/mol. The van der Waals surface area contributed by atoms with E-state index < -0.39 is 0 Å². The second-order valence-electron chi connectivity index (χ2n) is 5.85. The number of carbonyl (C=O) groups excluding carboxylic acids is 1. The summed E-state index contributed by atoms with van der Waals surface area (Å²) in [7, 11) is 0. The minimum absolute atomic E-state index is 0.0557. The van der Waals surface area contributed by atoms with Crippen LogP contribution in [-0.4, -0.2) is 30.4 Å². The van der Waals surface area contributed by atoms with Crippen molar-refractivity contribution in [1.82, 2.24) is 10.2 Å². The van der Waals surface area contributed by atoms with Crippen LogP contribution in [0.4, 0.5) is 0 Å². The highest BCUT2D eigenvalue weighted by Crippen LogP contribution is 2.24. The molecule has 0 spiro atoms. The fourth-order valence-electron chi connectivity index (χ4n) is 3.04. The van der Waals surface area contributed by atoms with Crippen molar-refractivity contribution >= 4 is 21.8 Å². The molecule has 1 aliphatic heterocycles. The van der Waals surface area contributed by atoms with Crippen LogP contribution in [0.15, 0.2) is 51.6 Å². The minimum atomic E-state index is -0.0557. The lowest BCUT2D eigenvalue weighted by Crippen LogP contribution is -2.40. The normalized spacial score (nSPS) is 16.9. The minimum Gasteiger partial charge on any atom is -0.468 e. The molecule has 1 aliphatic rings. The zero-order valence-corrected chi connectivity index (χ0v) is 14.6. The number of nitrogens with zero attached hydrogens (tertiary/aromatic N) is 1. The van der Waals surface area contributed by atoms with Crippen LogP contribution in [0, 0.1) is 0 Å². The van der Waals surface area contributed by atoms with Gasteiger partial charge in [-0.2, -0.15) is 0 Å². The summed E-state index contributed by atoms with van der Waals surface area (Å²) in [6.45, 7) is 2.66. The first-order chi connectivity index (χ1) is 11.2. The lowest BCUT2D eigenvalue weighted by atomic mass is 10.1. The Morgan fingerprint density at radius 2 is 2.04 bits per heavy atom. The van der Waals surface area contributed by atoms with E-state index in [9.17, 15) is 4.79 Å². The van der Waals surface area contributed by atoms with Gasteiger partial charge in [-0.15, -0.1) is 0 Å². The van der Waals surface area contributed by atoms with E-state index in [0.29, 0.717) is 12.1 Å². The Labute approximate surface area is 145 Å².